The van der Waals surface area contributed by atoms with Gasteiger partial charge in [0.2, 0.25) is 0 Å². The summed E-state index contributed by atoms with van der Waals surface area (Å²) in [5, 5.41) is 7.92. The van der Waals surface area contributed by atoms with Gasteiger partial charge in [-0.1, -0.05) is 69.3 Å². The number of carbonyl (C=O) groups excluding carboxylic acids is 1. The average molecular weight is 570 g/mol. The third kappa shape index (κ3) is 6.38. The second-order valence-electron chi connectivity index (χ2n) is 10.7. The zero-order valence-corrected chi connectivity index (χ0v) is 24.1. The van der Waals surface area contributed by atoms with Gasteiger partial charge < -0.3 is 4.74 Å². The summed E-state index contributed by atoms with van der Waals surface area (Å²) in [7, 11) is -3.88. The lowest BCUT2D eigenvalue weighted by Crippen LogP contribution is -2.17. The van der Waals surface area contributed by atoms with Crippen LogP contribution >= 0.6 is 0 Å². The molecule has 0 fully saturated rings. The molecule has 3 aromatic carbocycles. The Labute approximate surface area is 239 Å². The molecule has 0 atom stereocenters. The highest BCUT2D eigenvalue weighted by molar-refractivity contribution is 7.92. The molecule has 2 aromatic heterocycles. The molecule has 1 amide bonds. The molecule has 10 heteroatoms. The van der Waals surface area contributed by atoms with Crippen LogP contribution in [-0.2, 0) is 26.8 Å². The summed E-state index contributed by atoms with van der Waals surface area (Å²) < 4.78 is 36.1. The van der Waals surface area contributed by atoms with Crippen molar-refractivity contribution in [3.8, 4) is 5.69 Å². The van der Waals surface area contributed by atoms with E-state index in [0.717, 1.165) is 11.1 Å². The topological polar surface area (TPSA) is 115 Å². The van der Waals surface area contributed by atoms with Crippen LogP contribution in [0.25, 0.3) is 16.6 Å². The Bertz CT molecular complexity index is 1810. The number of aromatic nitrogens is 3. The maximum atomic E-state index is 13.3. The number of fused-ring (bicyclic) bond motifs is 1. The fraction of sp³-hybridized carbons (Fsp3) is 0.194. The SMILES string of the molecule is Cc1cc(NS(=O)(=O)c2ccc(C(C)(C)C)cc2)n(-c2cccc3nc(NC(=O)OCc4ccccc4)ccc23)n1. The van der Waals surface area contributed by atoms with E-state index in [-0.39, 0.29) is 16.9 Å². The van der Waals surface area contributed by atoms with Crippen molar-refractivity contribution in [2.75, 3.05) is 10.0 Å². The molecule has 0 unspecified atom stereocenters. The molecule has 9 nitrogen and oxygen atoms in total. The van der Waals surface area contributed by atoms with E-state index in [9.17, 15) is 13.2 Å². The monoisotopic (exact) mass is 569 g/mol. The summed E-state index contributed by atoms with van der Waals surface area (Å²) in [5.41, 5.74) is 3.67. The van der Waals surface area contributed by atoms with Crippen molar-refractivity contribution < 1.29 is 17.9 Å². The van der Waals surface area contributed by atoms with E-state index in [1.54, 1.807) is 54.1 Å². The number of hydrogen-bond acceptors (Lipinski definition) is 6. The molecule has 0 saturated heterocycles. The number of nitrogens with zero attached hydrogens (tertiary/aromatic N) is 3. The standard InChI is InChI=1S/C31H31N5O4S/c1-21-19-29(35-41(38,39)24-15-13-23(14-16-24)31(2,3)4)36(34-21)27-12-8-11-26-25(27)17-18-28(32-26)33-30(37)40-20-22-9-6-5-7-10-22/h5-19,35H,20H2,1-4H3,(H,32,33,37). The van der Waals surface area contributed by atoms with Crippen molar-refractivity contribution in [2.45, 2.75) is 44.6 Å². The number of carbonyl (C=O) groups is 1. The molecular formula is C31H31N5O4S. The normalized spacial score (nSPS) is 11.8. The van der Waals surface area contributed by atoms with Crippen molar-refractivity contribution in [1.29, 1.82) is 0 Å². The summed E-state index contributed by atoms with van der Waals surface area (Å²) >= 11 is 0. The maximum Gasteiger partial charge on any atom is 0.413 e. The molecule has 0 radical (unpaired) electrons. The van der Waals surface area contributed by atoms with Crippen LogP contribution in [0.1, 0.15) is 37.6 Å². The van der Waals surface area contributed by atoms with Crippen LogP contribution in [-0.4, -0.2) is 29.3 Å². The smallest absolute Gasteiger partial charge is 0.413 e. The number of nitrogens with one attached hydrogen (secondary N) is 2. The second-order valence-corrected chi connectivity index (χ2v) is 12.4. The zero-order chi connectivity index (χ0) is 29.2. The summed E-state index contributed by atoms with van der Waals surface area (Å²) in [4.78, 5) is 17.0. The van der Waals surface area contributed by atoms with E-state index >= 15 is 0 Å². The Kier molecular flexibility index (Phi) is 7.51. The van der Waals surface area contributed by atoms with Crippen molar-refractivity contribution in [3.05, 3.63) is 108 Å². The molecule has 0 spiro atoms. The average Bonchev–Trinajstić information content (AvgIpc) is 3.30. The van der Waals surface area contributed by atoms with Gasteiger partial charge in [0.05, 0.1) is 21.8 Å². The molecule has 5 aromatic rings. The minimum absolute atomic E-state index is 0.0916. The largest absolute Gasteiger partial charge is 0.444 e. The summed E-state index contributed by atoms with van der Waals surface area (Å²) in [6.07, 6.45) is -0.619. The van der Waals surface area contributed by atoms with Crippen molar-refractivity contribution >= 4 is 38.7 Å². The number of sulfonamides is 1. The van der Waals surface area contributed by atoms with E-state index in [1.807, 2.05) is 48.5 Å². The number of amides is 1. The second kappa shape index (κ2) is 11.1. The highest BCUT2D eigenvalue weighted by Crippen LogP contribution is 2.28. The van der Waals surface area contributed by atoms with Crippen LogP contribution in [0.3, 0.4) is 0 Å². The predicted octanol–water partition coefficient (Wildman–Crippen LogP) is 6.58. The predicted molar refractivity (Wildman–Crippen MR) is 160 cm³/mol. The van der Waals surface area contributed by atoms with Gasteiger partial charge in [-0.2, -0.15) is 5.10 Å². The first-order valence-corrected chi connectivity index (χ1v) is 14.6. The van der Waals surface area contributed by atoms with Crippen molar-refractivity contribution in [3.63, 3.8) is 0 Å². The molecule has 41 heavy (non-hydrogen) atoms. The highest BCUT2D eigenvalue weighted by atomic mass is 32.2. The number of rotatable bonds is 7. The Morgan fingerprint density at radius 3 is 2.37 bits per heavy atom. The molecule has 0 aliphatic rings. The lowest BCUT2D eigenvalue weighted by molar-refractivity contribution is 0.155. The van der Waals surface area contributed by atoms with Crippen LogP contribution in [0.2, 0.25) is 0 Å². The van der Waals surface area contributed by atoms with Gasteiger partial charge in [0.25, 0.3) is 10.0 Å². The molecule has 210 valence electrons. The van der Waals surface area contributed by atoms with Gasteiger partial charge in [-0.05, 0) is 59.9 Å². The van der Waals surface area contributed by atoms with Gasteiger partial charge in [0.1, 0.15) is 18.2 Å². The van der Waals surface area contributed by atoms with E-state index in [0.29, 0.717) is 33.9 Å². The number of hydrogen-bond donors (Lipinski definition) is 2. The first kappa shape index (κ1) is 27.9. The van der Waals surface area contributed by atoms with E-state index in [2.05, 4.69) is 40.9 Å². The first-order chi connectivity index (χ1) is 19.5. The molecule has 0 aliphatic carbocycles. The Hall–Kier alpha value is -4.70. The third-order valence-electron chi connectivity index (χ3n) is 6.48. The fourth-order valence-electron chi connectivity index (χ4n) is 4.34. The number of pyridine rings is 1. The van der Waals surface area contributed by atoms with Crippen LogP contribution in [0.5, 0.6) is 0 Å². The van der Waals surface area contributed by atoms with Gasteiger partial charge in [0, 0.05) is 11.5 Å². The molecule has 5 rings (SSSR count). The summed E-state index contributed by atoms with van der Waals surface area (Å²) in [6.45, 7) is 8.16. The molecule has 0 aliphatic heterocycles. The minimum atomic E-state index is -3.88. The molecule has 0 bridgehead atoms. The van der Waals surface area contributed by atoms with Crippen molar-refractivity contribution in [1.82, 2.24) is 14.8 Å². The maximum absolute atomic E-state index is 13.3. The van der Waals surface area contributed by atoms with Crippen LogP contribution in [0.15, 0.2) is 95.9 Å². The summed E-state index contributed by atoms with van der Waals surface area (Å²) in [5.74, 6) is 0.616. The quantitative estimate of drug-likeness (QED) is 0.229. The van der Waals surface area contributed by atoms with Gasteiger partial charge in [0.15, 0.2) is 0 Å². The van der Waals surface area contributed by atoms with Crippen LogP contribution < -0.4 is 10.0 Å². The van der Waals surface area contributed by atoms with Gasteiger partial charge >= 0.3 is 6.09 Å². The van der Waals surface area contributed by atoms with Crippen LogP contribution in [0.4, 0.5) is 16.4 Å². The molecule has 2 heterocycles. The highest BCUT2D eigenvalue weighted by Gasteiger charge is 2.21. The Morgan fingerprint density at radius 1 is 0.927 bits per heavy atom. The Balaban J connectivity index is 1.38. The van der Waals surface area contributed by atoms with Crippen molar-refractivity contribution in [2.24, 2.45) is 0 Å². The molecule has 2 N–H and O–H groups in total. The molecular weight excluding hydrogens is 538 g/mol. The Morgan fingerprint density at radius 2 is 1.66 bits per heavy atom. The van der Waals surface area contributed by atoms with Crippen LogP contribution in [0, 0.1) is 6.92 Å². The first-order valence-electron chi connectivity index (χ1n) is 13.1. The number of benzene rings is 3. The minimum Gasteiger partial charge on any atom is -0.444 e. The number of anilines is 2. The van der Waals surface area contributed by atoms with Gasteiger partial charge in [-0.3, -0.25) is 10.0 Å². The van der Waals surface area contributed by atoms with E-state index in [4.69, 9.17) is 4.74 Å². The molecule has 0 saturated carbocycles. The summed E-state index contributed by atoms with van der Waals surface area (Å²) in [6, 6.07) is 26.8. The zero-order valence-electron chi connectivity index (χ0n) is 23.3. The fourth-order valence-corrected chi connectivity index (χ4v) is 5.38. The lowest BCUT2D eigenvalue weighted by atomic mass is 9.87. The lowest BCUT2D eigenvalue weighted by Gasteiger charge is -2.19. The van der Waals surface area contributed by atoms with E-state index < -0.39 is 16.1 Å². The number of aryl methyl sites for hydroxylation is 1. The third-order valence-corrected chi connectivity index (χ3v) is 7.85. The van der Waals surface area contributed by atoms with Gasteiger partial charge in [-0.15, -0.1) is 0 Å². The van der Waals surface area contributed by atoms with E-state index in [1.165, 1.54) is 0 Å². The van der Waals surface area contributed by atoms with Gasteiger partial charge in [-0.25, -0.2) is 22.9 Å². The number of ether oxygens (including phenoxy) is 1.